The summed E-state index contributed by atoms with van der Waals surface area (Å²) in [6.07, 6.45) is 4.12. The molecular weight excluding hydrogens is 1010 g/mol. The number of hydrogen-bond donors (Lipinski definition) is 15. The summed E-state index contributed by atoms with van der Waals surface area (Å²) in [5, 5.41) is 34.1. The number of carbonyl (C=O) groups is 4. The summed E-state index contributed by atoms with van der Waals surface area (Å²) < 4.78 is 57.9. The first-order valence-electron chi connectivity index (χ1n) is 23.8. The van der Waals surface area contributed by atoms with Crippen LogP contribution in [0.3, 0.4) is 0 Å². The molecule has 15 N–H and O–H groups in total. The van der Waals surface area contributed by atoms with Crippen molar-refractivity contribution in [3.05, 3.63) is 0 Å². The molecule has 3 aliphatic carbocycles. The summed E-state index contributed by atoms with van der Waals surface area (Å²) in [6, 6.07) is 0. The van der Waals surface area contributed by atoms with Crippen molar-refractivity contribution in [2.24, 2.45) is 34.5 Å². The summed E-state index contributed by atoms with van der Waals surface area (Å²) >= 11 is 0. The van der Waals surface area contributed by atoms with Gasteiger partial charge in [0, 0.05) is 25.9 Å². The normalized spacial score (nSPS) is 26.7. The molecule has 0 heterocycles. The third kappa shape index (κ3) is 15.7. The fourth-order valence-corrected chi connectivity index (χ4v) is 16.0. The molecular formula is C41H78N4O21P4. The molecule has 70 heavy (non-hydrogen) atoms. The van der Waals surface area contributed by atoms with Crippen molar-refractivity contribution < 1.29 is 101 Å². The standard InChI is InChI=1S/C41H78N4O21P4/c1-6-7-8-9-16-39(5,50)32-13-12-31-29-23-28(66-36(49)45-26-34(47)43-22-11-18-41(52,69(59,60)61)70(62,63)64)24-37(3,30(29)15-20-38(31,32)4)19-14-27(2)65-35(48)44-25-33(46)42-21-10-17-40(51,67(53,54)55)68(56,57)58/h27-32,50-52H,6-26H2,1-5H3,(H,42,46)(H,43,47)(H,44,48)(H,45,49)(H2,53,54,55)(H2,56,57,58)(H2,59,60,61)(H2,62,63,64). The molecule has 3 fully saturated rings. The lowest BCUT2D eigenvalue weighted by molar-refractivity contribution is -0.136. The molecule has 9 atom stereocenters. The number of rotatable bonds is 27. The fourth-order valence-electron chi connectivity index (χ4n) is 11.5. The number of amides is 4. The molecule has 0 aliphatic heterocycles. The summed E-state index contributed by atoms with van der Waals surface area (Å²) in [4.78, 5) is 125. The van der Waals surface area contributed by atoms with E-state index < -0.39 is 127 Å². The Morgan fingerprint density at radius 1 is 0.671 bits per heavy atom. The Bertz CT molecular complexity index is 1960. The van der Waals surface area contributed by atoms with Crippen molar-refractivity contribution in [3.8, 4) is 0 Å². The van der Waals surface area contributed by atoms with E-state index in [0.29, 0.717) is 32.1 Å². The van der Waals surface area contributed by atoms with Crippen molar-refractivity contribution in [1.29, 1.82) is 0 Å². The van der Waals surface area contributed by atoms with E-state index in [1.54, 1.807) is 6.92 Å². The van der Waals surface area contributed by atoms with Crippen LogP contribution in [0, 0.1) is 34.5 Å². The van der Waals surface area contributed by atoms with E-state index >= 15 is 0 Å². The van der Waals surface area contributed by atoms with Gasteiger partial charge in [0.05, 0.1) is 18.7 Å². The van der Waals surface area contributed by atoms with Gasteiger partial charge in [-0.05, 0) is 119 Å². The van der Waals surface area contributed by atoms with Crippen LogP contribution < -0.4 is 21.3 Å². The molecule has 0 saturated heterocycles. The van der Waals surface area contributed by atoms with Crippen molar-refractivity contribution in [3.63, 3.8) is 0 Å². The van der Waals surface area contributed by atoms with Crippen LogP contribution in [0.25, 0.3) is 0 Å². The van der Waals surface area contributed by atoms with E-state index in [1.807, 2.05) is 6.92 Å². The minimum atomic E-state index is -5.67. The minimum Gasteiger partial charge on any atom is -0.447 e. The van der Waals surface area contributed by atoms with E-state index in [2.05, 4.69) is 42.0 Å². The van der Waals surface area contributed by atoms with Crippen LogP contribution in [0.2, 0.25) is 0 Å². The number of fused-ring (bicyclic) bond motifs is 3. The quantitative estimate of drug-likeness (QED) is 0.0414. The number of aliphatic hydroxyl groups is 3. The summed E-state index contributed by atoms with van der Waals surface area (Å²) in [7, 11) is -22.7. The molecule has 29 heteroatoms. The van der Waals surface area contributed by atoms with E-state index in [1.165, 1.54) is 0 Å². The largest absolute Gasteiger partial charge is 0.447 e. The average molecular weight is 1090 g/mol. The molecule has 0 aromatic carbocycles. The van der Waals surface area contributed by atoms with Gasteiger partial charge in [-0.25, -0.2) is 9.59 Å². The maximum Gasteiger partial charge on any atom is 0.407 e. The second-order valence-corrected chi connectivity index (χ2v) is 28.5. The second kappa shape index (κ2) is 24.5. The number of ether oxygens (including phenoxy) is 2. The Hall–Kier alpha value is -2.04. The number of alkyl carbamates (subject to hydrolysis) is 2. The molecule has 25 nitrogen and oxygen atoms in total. The van der Waals surface area contributed by atoms with E-state index in [0.717, 1.165) is 51.4 Å². The van der Waals surface area contributed by atoms with Gasteiger partial charge >= 0.3 is 42.6 Å². The summed E-state index contributed by atoms with van der Waals surface area (Å²) in [5.74, 6) is -1.01. The molecule has 408 valence electrons. The van der Waals surface area contributed by atoms with Crippen LogP contribution in [0.15, 0.2) is 0 Å². The van der Waals surface area contributed by atoms with Crippen molar-refractivity contribution in [2.45, 2.75) is 172 Å². The van der Waals surface area contributed by atoms with Crippen LogP contribution in [0.1, 0.15) is 144 Å². The maximum absolute atomic E-state index is 13.3. The highest BCUT2D eigenvalue weighted by Gasteiger charge is 2.63. The van der Waals surface area contributed by atoms with Gasteiger partial charge in [-0.3, -0.25) is 27.8 Å². The molecule has 3 rings (SSSR count). The molecule has 0 radical (unpaired) electrons. The van der Waals surface area contributed by atoms with Crippen LogP contribution >= 0.6 is 30.4 Å². The SMILES string of the molecule is CCCCCCC(C)(O)C1CCC2C3CC(OC(=O)NCC(=O)NCCCC(O)(P(=O)(O)O)P(=O)(O)O)CC(C)(CCC(C)OC(=O)NCC(=O)NCCCC(O)(P(=O)(O)O)P(=O)(O)O)C3CCC21C. The molecule has 4 amide bonds. The molecule has 0 bridgehead atoms. The van der Waals surface area contributed by atoms with Gasteiger partial charge in [-0.15, -0.1) is 0 Å². The minimum absolute atomic E-state index is 0.0546. The molecule has 3 saturated carbocycles. The van der Waals surface area contributed by atoms with Gasteiger partial charge in [0.2, 0.25) is 11.8 Å². The van der Waals surface area contributed by atoms with E-state index in [4.69, 9.17) is 9.47 Å². The average Bonchev–Trinajstić information content (AvgIpc) is 3.60. The molecule has 0 spiro atoms. The highest BCUT2D eigenvalue weighted by Crippen LogP contribution is 2.71. The van der Waals surface area contributed by atoms with Crippen molar-refractivity contribution in [2.75, 3.05) is 26.2 Å². The Balaban J connectivity index is 1.66. The third-order valence-corrected chi connectivity index (χ3v) is 23.0. The van der Waals surface area contributed by atoms with Gasteiger partial charge in [-0.2, -0.15) is 0 Å². The Morgan fingerprint density at radius 2 is 1.17 bits per heavy atom. The zero-order valence-corrected chi connectivity index (χ0v) is 44.2. The second-order valence-electron chi connectivity index (χ2n) is 20.4. The van der Waals surface area contributed by atoms with E-state index in [-0.39, 0.29) is 42.2 Å². The number of nitrogens with one attached hydrogen (secondary N) is 4. The summed E-state index contributed by atoms with van der Waals surface area (Å²) in [5.41, 5.74) is -1.52. The van der Waals surface area contributed by atoms with Crippen LogP contribution in [-0.4, -0.2) is 133 Å². The zero-order valence-electron chi connectivity index (χ0n) is 40.6. The highest BCUT2D eigenvalue weighted by molar-refractivity contribution is 7.72. The monoisotopic (exact) mass is 1090 g/mol. The van der Waals surface area contributed by atoms with Crippen LogP contribution in [0.5, 0.6) is 0 Å². The lowest BCUT2D eigenvalue weighted by atomic mass is 9.47. The van der Waals surface area contributed by atoms with Crippen LogP contribution in [-0.2, 0) is 37.3 Å². The molecule has 9 unspecified atom stereocenters. The lowest BCUT2D eigenvalue weighted by Gasteiger charge is -2.59. The zero-order chi connectivity index (χ0) is 53.4. The first-order chi connectivity index (χ1) is 32.0. The Kier molecular flexibility index (Phi) is 21.8. The molecule has 3 aliphatic rings. The number of carbonyl (C=O) groups excluding carboxylic acids is 4. The predicted molar refractivity (Wildman–Crippen MR) is 251 cm³/mol. The number of unbranched alkanes of at least 4 members (excludes halogenated alkanes) is 3. The van der Waals surface area contributed by atoms with Gasteiger partial charge in [-0.1, -0.05) is 46.5 Å². The fraction of sp³-hybridized carbons (Fsp3) is 0.902. The third-order valence-electron chi connectivity index (χ3n) is 15.2. The molecule has 0 aromatic heterocycles. The highest BCUT2D eigenvalue weighted by atomic mass is 31.2. The topological polar surface area (TPSA) is 426 Å². The van der Waals surface area contributed by atoms with Gasteiger partial charge < -0.3 is 85.2 Å². The van der Waals surface area contributed by atoms with Gasteiger partial charge in [0.1, 0.15) is 12.2 Å². The maximum atomic E-state index is 13.3. The van der Waals surface area contributed by atoms with Crippen LogP contribution in [0.4, 0.5) is 9.59 Å². The smallest absolute Gasteiger partial charge is 0.407 e. The lowest BCUT2D eigenvalue weighted by Crippen LogP contribution is -2.54. The van der Waals surface area contributed by atoms with Gasteiger partial charge in [0.25, 0.3) is 10.2 Å². The Labute approximate surface area is 408 Å². The predicted octanol–water partition coefficient (Wildman–Crippen LogP) is 3.35. The first kappa shape index (κ1) is 62.3. The Morgan fingerprint density at radius 3 is 1.66 bits per heavy atom. The molecule has 0 aromatic rings. The first-order valence-corrected chi connectivity index (χ1v) is 30.2. The number of hydrogen-bond acceptors (Lipinski definition) is 13. The van der Waals surface area contributed by atoms with Gasteiger partial charge in [0.15, 0.2) is 0 Å². The van der Waals surface area contributed by atoms with Crippen molar-refractivity contribution >= 4 is 54.4 Å². The van der Waals surface area contributed by atoms with E-state index in [9.17, 15) is 91.9 Å². The summed E-state index contributed by atoms with van der Waals surface area (Å²) in [6.45, 7) is 8.30. The van der Waals surface area contributed by atoms with Crippen molar-refractivity contribution in [1.82, 2.24) is 21.3 Å².